The largest absolute Gasteiger partial charge is 0.144 e. The van der Waals surface area contributed by atoms with Crippen LogP contribution < -0.4 is 0 Å². The van der Waals surface area contributed by atoms with E-state index in [1.54, 1.807) is 11.3 Å². The smallest absolute Gasteiger partial charge is 0.0345 e. The lowest BCUT2D eigenvalue weighted by Crippen LogP contribution is -1.68. The second-order valence-electron chi connectivity index (χ2n) is 2.85. The van der Waals surface area contributed by atoms with Gasteiger partial charge >= 0.3 is 0 Å². The van der Waals surface area contributed by atoms with Gasteiger partial charge in [0.1, 0.15) is 0 Å². The van der Waals surface area contributed by atoms with E-state index in [2.05, 4.69) is 42.6 Å². The first-order valence-electron chi connectivity index (χ1n) is 4.97. The average molecular weight is 204 g/mol. The predicted octanol–water partition coefficient (Wildman–Crippen LogP) is 4.75. The molecule has 0 radical (unpaired) electrons. The van der Waals surface area contributed by atoms with Gasteiger partial charge < -0.3 is 0 Å². The molecule has 1 aromatic heterocycles. The van der Waals surface area contributed by atoms with Crippen molar-refractivity contribution in [2.75, 3.05) is 0 Å². The molecule has 0 unspecified atom stereocenters. The van der Waals surface area contributed by atoms with Crippen LogP contribution in [-0.2, 0) is 0 Å². The molecule has 14 heavy (non-hydrogen) atoms. The first-order chi connectivity index (χ1) is 6.86. The molecule has 0 atom stereocenters. The molecule has 0 N–H and O–H groups in total. The van der Waals surface area contributed by atoms with E-state index < -0.39 is 0 Å². The van der Waals surface area contributed by atoms with Crippen molar-refractivity contribution in [3.8, 4) is 10.4 Å². The molecular formula is C13H16S. The van der Waals surface area contributed by atoms with Gasteiger partial charge in [-0.2, -0.15) is 0 Å². The zero-order valence-corrected chi connectivity index (χ0v) is 9.77. The topological polar surface area (TPSA) is 0 Å². The van der Waals surface area contributed by atoms with E-state index in [9.17, 15) is 0 Å². The highest BCUT2D eigenvalue weighted by molar-refractivity contribution is 7.13. The minimum absolute atomic E-state index is 1.32. The summed E-state index contributed by atoms with van der Waals surface area (Å²) in [5.74, 6) is 0. The van der Waals surface area contributed by atoms with Crippen LogP contribution in [0.2, 0.25) is 0 Å². The Morgan fingerprint density at radius 2 is 1.64 bits per heavy atom. The summed E-state index contributed by atoms with van der Waals surface area (Å²) < 4.78 is 0. The van der Waals surface area contributed by atoms with Gasteiger partial charge in [0.05, 0.1) is 0 Å². The fourth-order valence-corrected chi connectivity index (χ4v) is 2.09. The quantitative estimate of drug-likeness (QED) is 0.629. The summed E-state index contributed by atoms with van der Waals surface area (Å²) in [6, 6.07) is 12.7. The van der Waals surface area contributed by atoms with Gasteiger partial charge in [-0.05, 0) is 29.5 Å². The van der Waals surface area contributed by atoms with Gasteiger partial charge in [0.2, 0.25) is 0 Å². The van der Waals surface area contributed by atoms with Gasteiger partial charge in [-0.15, -0.1) is 11.3 Å². The number of benzene rings is 1. The maximum absolute atomic E-state index is 2.22. The molecule has 1 heterocycles. The second-order valence-corrected chi connectivity index (χ2v) is 3.77. The van der Waals surface area contributed by atoms with Crippen molar-refractivity contribution >= 4 is 11.3 Å². The normalized spacial score (nSPS) is 9.07. The van der Waals surface area contributed by atoms with Crippen molar-refractivity contribution in [1.29, 1.82) is 0 Å². The third kappa shape index (κ3) is 2.71. The number of aryl methyl sites for hydroxylation is 1. The molecule has 0 aliphatic heterocycles. The van der Waals surface area contributed by atoms with Crippen LogP contribution in [0.1, 0.15) is 19.4 Å². The number of rotatable bonds is 1. The lowest BCUT2D eigenvalue weighted by atomic mass is 10.2. The highest BCUT2D eigenvalue weighted by atomic mass is 32.1. The SMILES string of the molecule is CC.Cc1csc(-c2ccccc2)c1. The predicted molar refractivity (Wildman–Crippen MR) is 65.8 cm³/mol. The van der Waals surface area contributed by atoms with E-state index in [1.165, 1.54) is 16.0 Å². The Morgan fingerprint density at radius 1 is 1.00 bits per heavy atom. The molecule has 1 aromatic carbocycles. The maximum atomic E-state index is 2.22. The maximum Gasteiger partial charge on any atom is 0.0345 e. The first-order valence-corrected chi connectivity index (χ1v) is 5.85. The zero-order chi connectivity index (χ0) is 10.4. The van der Waals surface area contributed by atoms with E-state index in [0.717, 1.165) is 0 Å². The summed E-state index contributed by atoms with van der Waals surface area (Å²) in [5.41, 5.74) is 2.66. The molecule has 2 rings (SSSR count). The molecule has 0 amide bonds. The lowest BCUT2D eigenvalue weighted by molar-refractivity contribution is 1.50. The zero-order valence-electron chi connectivity index (χ0n) is 8.95. The van der Waals surface area contributed by atoms with Crippen LogP contribution >= 0.6 is 11.3 Å². The molecule has 0 aliphatic carbocycles. The van der Waals surface area contributed by atoms with Gasteiger partial charge in [0.15, 0.2) is 0 Å². The van der Waals surface area contributed by atoms with Gasteiger partial charge in [0, 0.05) is 4.88 Å². The minimum atomic E-state index is 1.32. The van der Waals surface area contributed by atoms with Crippen molar-refractivity contribution in [3.05, 3.63) is 47.3 Å². The number of hydrogen-bond donors (Lipinski definition) is 0. The van der Waals surface area contributed by atoms with E-state index in [4.69, 9.17) is 0 Å². The summed E-state index contributed by atoms with van der Waals surface area (Å²) in [6.45, 7) is 6.13. The third-order valence-corrected chi connectivity index (χ3v) is 2.89. The summed E-state index contributed by atoms with van der Waals surface area (Å²) in [6.07, 6.45) is 0. The number of hydrogen-bond acceptors (Lipinski definition) is 1. The van der Waals surface area contributed by atoms with E-state index in [1.807, 2.05) is 19.9 Å². The summed E-state index contributed by atoms with van der Waals surface area (Å²) >= 11 is 1.80. The molecule has 74 valence electrons. The van der Waals surface area contributed by atoms with Gasteiger partial charge in [-0.25, -0.2) is 0 Å². The van der Waals surface area contributed by atoms with Crippen molar-refractivity contribution in [1.82, 2.24) is 0 Å². The molecule has 0 saturated carbocycles. The Hall–Kier alpha value is -1.08. The second kappa shape index (κ2) is 5.61. The molecule has 0 saturated heterocycles. The molecule has 1 heteroatoms. The highest BCUT2D eigenvalue weighted by Gasteiger charge is 1.97. The monoisotopic (exact) mass is 204 g/mol. The van der Waals surface area contributed by atoms with Gasteiger partial charge in [-0.1, -0.05) is 44.2 Å². The van der Waals surface area contributed by atoms with Crippen molar-refractivity contribution in [2.24, 2.45) is 0 Å². The molecular weight excluding hydrogens is 188 g/mol. The fraction of sp³-hybridized carbons (Fsp3) is 0.231. The van der Waals surface area contributed by atoms with Crippen LogP contribution in [0.15, 0.2) is 41.8 Å². The van der Waals surface area contributed by atoms with Crippen LogP contribution in [0, 0.1) is 6.92 Å². The molecule has 0 nitrogen and oxygen atoms in total. The van der Waals surface area contributed by atoms with Crippen LogP contribution in [-0.4, -0.2) is 0 Å². The molecule has 0 spiro atoms. The van der Waals surface area contributed by atoms with Crippen LogP contribution in [0.25, 0.3) is 10.4 Å². The van der Waals surface area contributed by atoms with E-state index >= 15 is 0 Å². The molecule has 2 aromatic rings. The molecule has 0 fully saturated rings. The minimum Gasteiger partial charge on any atom is -0.144 e. The summed E-state index contributed by atoms with van der Waals surface area (Å²) in [5, 5.41) is 2.18. The summed E-state index contributed by atoms with van der Waals surface area (Å²) in [7, 11) is 0. The first kappa shape index (κ1) is 11.0. The van der Waals surface area contributed by atoms with Gasteiger partial charge in [-0.3, -0.25) is 0 Å². The Morgan fingerprint density at radius 3 is 2.14 bits per heavy atom. The summed E-state index contributed by atoms with van der Waals surface area (Å²) in [4.78, 5) is 1.35. The Balaban J connectivity index is 0.000000461. The van der Waals surface area contributed by atoms with Crippen molar-refractivity contribution in [2.45, 2.75) is 20.8 Å². The highest BCUT2D eigenvalue weighted by Crippen LogP contribution is 2.26. The molecule has 0 aliphatic rings. The fourth-order valence-electron chi connectivity index (χ4n) is 1.19. The lowest BCUT2D eigenvalue weighted by Gasteiger charge is -1.93. The van der Waals surface area contributed by atoms with Crippen LogP contribution in [0.5, 0.6) is 0 Å². The molecule has 0 bridgehead atoms. The Bertz CT molecular complexity index is 360. The van der Waals surface area contributed by atoms with E-state index in [-0.39, 0.29) is 0 Å². The standard InChI is InChI=1S/C11H10S.C2H6/c1-9-7-11(12-8-9)10-5-3-2-4-6-10;1-2/h2-8H,1H3;1-2H3. The van der Waals surface area contributed by atoms with Crippen molar-refractivity contribution < 1.29 is 0 Å². The van der Waals surface area contributed by atoms with E-state index in [0.29, 0.717) is 0 Å². The Kier molecular flexibility index (Phi) is 4.41. The number of thiophene rings is 1. The average Bonchev–Trinajstić information content (AvgIpc) is 2.69. The van der Waals surface area contributed by atoms with Crippen molar-refractivity contribution in [3.63, 3.8) is 0 Å². The third-order valence-electron chi connectivity index (χ3n) is 1.79. The van der Waals surface area contributed by atoms with Crippen LogP contribution in [0.4, 0.5) is 0 Å². The Labute approximate surface area is 90.2 Å². The van der Waals surface area contributed by atoms with Crippen LogP contribution in [0.3, 0.4) is 0 Å². The van der Waals surface area contributed by atoms with Gasteiger partial charge in [0.25, 0.3) is 0 Å².